The summed E-state index contributed by atoms with van der Waals surface area (Å²) in [7, 11) is 0. The molecule has 3 aromatic rings. The first-order valence-electron chi connectivity index (χ1n) is 44.8. The van der Waals surface area contributed by atoms with Crippen molar-refractivity contribution in [2.75, 3.05) is 77.0 Å². The first-order chi connectivity index (χ1) is 62.9. The summed E-state index contributed by atoms with van der Waals surface area (Å²) < 4.78 is 0. The second-order valence-electron chi connectivity index (χ2n) is 33.5. The second kappa shape index (κ2) is 55.7. The van der Waals surface area contributed by atoms with E-state index in [-0.39, 0.29) is 146 Å². The van der Waals surface area contributed by atoms with Crippen LogP contribution in [0.5, 0.6) is 5.75 Å². The Morgan fingerprint density at radius 3 is 1.52 bits per heavy atom. The number of unbranched alkanes of at least 4 members (excludes halogenated alkanes) is 3. The molecule has 0 spiro atoms. The molecule has 1 aromatic heterocycles. The molecule has 3 aliphatic rings. The Hall–Kier alpha value is -11.5. The summed E-state index contributed by atoms with van der Waals surface area (Å²) in [5, 5.41) is 76.5. The number of thiol groups is 2. The Kier molecular flexibility index (Phi) is 46.1. The van der Waals surface area contributed by atoms with E-state index >= 15 is 9.59 Å². The highest BCUT2D eigenvalue weighted by molar-refractivity contribution is 7.80. The van der Waals surface area contributed by atoms with Crippen LogP contribution in [0.4, 0.5) is 0 Å². The third-order valence-electron chi connectivity index (χ3n) is 22.8. The number of aromatic nitrogens is 1. The zero-order valence-electron chi connectivity index (χ0n) is 75.1. The van der Waals surface area contributed by atoms with Gasteiger partial charge in [0.2, 0.25) is 100 Å². The fourth-order valence-electron chi connectivity index (χ4n) is 15.7. The number of para-hydroxylation sites is 1. The van der Waals surface area contributed by atoms with Gasteiger partial charge < -0.3 is 144 Å². The van der Waals surface area contributed by atoms with Crippen LogP contribution in [-0.4, -0.2) is 315 Å². The molecule has 0 aliphatic carbocycles. The number of aliphatic hydroxyl groups is 2. The van der Waals surface area contributed by atoms with E-state index in [0.29, 0.717) is 73.5 Å². The van der Waals surface area contributed by atoms with Gasteiger partial charge >= 0.3 is 0 Å². The lowest BCUT2D eigenvalue weighted by Gasteiger charge is -2.34. The first kappa shape index (κ1) is 109. The van der Waals surface area contributed by atoms with Crippen LogP contribution in [0, 0.1) is 11.3 Å². The highest BCUT2D eigenvalue weighted by Gasteiger charge is 2.47. The van der Waals surface area contributed by atoms with Crippen molar-refractivity contribution < 1.29 is 96.8 Å². The quantitative estimate of drug-likeness (QED) is 0.0108. The molecule has 0 bridgehead atoms. The molecule has 0 radical (unpaired) electrons. The minimum absolute atomic E-state index is 0.0147. The number of H-pyrrole nitrogens is 1. The van der Waals surface area contributed by atoms with E-state index in [2.05, 4.69) is 105 Å². The predicted molar refractivity (Wildman–Crippen MR) is 492 cm³/mol. The molecule has 6 rings (SSSR count). The Balaban J connectivity index is 1.16. The summed E-state index contributed by atoms with van der Waals surface area (Å²) in [4.78, 5) is 246. The molecular weight excluding hydrogens is 1760 g/mol. The number of carbonyl (C=O) groups is 17. The highest BCUT2D eigenvalue weighted by Crippen LogP contribution is 2.29. The van der Waals surface area contributed by atoms with Crippen molar-refractivity contribution >= 4 is 143 Å². The molecule has 45 nitrogen and oxygen atoms in total. The molecule has 132 heavy (non-hydrogen) atoms. The number of hydrogen-bond acceptors (Lipinski definition) is 27. The predicted octanol–water partition coefficient (Wildman–Crippen LogP) is -7.04. The van der Waals surface area contributed by atoms with Crippen LogP contribution in [-0.2, 0) is 94.3 Å². The molecule has 3 fully saturated rings. The lowest BCUT2D eigenvalue weighted by Crippen LogP contribution is -2.62. The maximum absolute atomic E-state index is 15.2. The number of aliphatic hydroxyl groups excluding tert-OH is 2. The van der Waals surface area contributed by atoms with Crippen molar-refractivity contribution in [3.63, 3.8) is 0 Å². The molecule has 2 aromatic carbocycles. The van der Waals surface area contributed by atoms with Gasteiger partial charge in [0.05, 0.1) is 25.8 Å². The number of aromatic hydroxyl groups is 1. The number of carbonyl (C=O) groups excluding carboxylic acids is 17. The van der Waals surface area contributed by atoms with Gasteiger partial charge in [-0.1, -0.05) is 44.2 Å². The molecule has 17 amide bonds. The number of amides is 17. The number of nitrogens with two attached hydrogens (primary N) is 6. The molecule has 16 atom stereocenters. The van der Waals surface area contributed by atoms with Crippen molar-refractivity contribution in [2.24, 2.45) is 40.3 Å². The van der Waals surface area contributed by atoms with Crippen molar-refractivity contribution in [3.8, 4) is 5.75 Å². The van der Waals surface area contributed by atoms with E-state index in [1.807, 2.05) is 0 Å². The summed E-state index contributed by atoms with van der Waals surface area (Å²) in [6.07, 6.45) is 3.34. The number of fused-ring (bicyclic) bond motifs is 1. The number of aromatic amines is 1. The summed E-state index contributed by atoms with van der Waals surface area (Å²) in [5.74, 6) is -15.5. The average Bonchev–Trinajstić information content (AvgIpc) is 1.62. The average molecular weight is 1890 g/mol. The smallest absolute Gasteiger partial charge is 0.246 e. The van der Waals surface area contributed by atoms with E-state index < -0.39 is 223 Å². The van der Waals surface area contributed by atoms with Crippen LogP contribution in [0.25, 0.3) is 10.9 Å². The van der Waals surface area contributed by atoms with Crippen LogP contribution < -0.4 is 109 Å². The number of benzene rings is 2. The zero-order valence-corrected chi connectivity index (χ0v) is 76.9. The van der Waals surface area contributed by atoms with E-state index in [4.69, 9.17) is 39.8 Å². The summed E-state index contributed by atoms with van der Waals surface area (Å²) in [6, 6.07) is -8.11. The van der Waals surface area contributed by atoms with Crippen molar-refractivity contribution in [2.45, 2.75) is 253 Å². The molecule has 732 valence electrons. The number of likely N-dealkylation sites (tertiary alicyclic amines) is 3. The van der Waals surface area contributed by atoms with Crippen molar-refractivity contribution in [1.82, 2.24) is 94.1 Å². The van der Waals surface area contributed by atoms with Gasteiger partial charge in [-0.2, -0.15) is 25.3 Å². The monoisotopic (exact) mass is 1890 g/mol. The lowest BCUT2D eigenvalue weighted by molar-refractivity contribution is -0.148. The van der Waals surface area contributed by atoms with Crippen LogP contribution in [0.1, 0.15) is 154 Å². The minimum atomic E-state index is -1.91. The fourth-order valence-corrected chi connectivity index (χ4v) is 16.2. The molecule has 3 saturated heterocycles. The van der Waals surface area contributed by atoms with Crippen LogP contribution in [0.15, 0.2) is 54.7 Å². The summed E-state index contributed by atoms with van der Waals surface area (Å²) in [5.41, 5.74) is 35.2. The van der Waals surface area contributed by atoms with Crippen LogP contribution in [0.3, 0.4) is 0 Å². The summed E-state index contributed by atoms with van der Waals surface area (Å²) >= 11 is 8.59. The Bertz CT molecular complexity index is 4440. The third-order valence-corrected chi connectivity index (χ3v) is 23.6. The lowest BCUT2D eigenvalue weighted by atomic mass is 10.0. The van der Waals surface area contributed by atoms with Crippen LogP contribution >= 0.6 is 25.3 Å². The number of phenolic OH excluding ortho intramolecular Hbond substituents is 1. The van der Waals surface area contributed by atoms with Gasteiger partial charge in [-0.3, -0.25) is 86.9 Å². The standard InChI is InChI=1S/C85H135N25O20S2/c1-46(2)37-58(102-71(117)47(3)96-67(114)40-89)74(120)99-55(22-13-33-93-85(91)92)72(118)95-42-68(115)97-62(44-131)77(123)103-59(39-50-41-94-53-18-6-5-17-52(50)53)75(121)107-69(48(4)112)81(127)100-56(20-8-11-31-87)73(119)105-61(43-111)76(122)104-60(38-49-26-28-51(113)29-27-49)83(129)110-36-16-25-66(110)84(130)109-35-15-24-65(109)79(125)101-57(21-9-12-32-88)82(128)108-34-14-23-64(108)80(126)106-63(45-132)78(124)98-54(70(90)116)19-7-10-30-86/h5-6,17-18,26-29,41,46-48,54-66,69,94,111-113,131-132H,7-16,19-25,30-40,42-45,86-89H2,1-4H3,(H2,90,116)(H,95,118)(H,96,114)(H,97,115)(H,98,124)(H,99,120)(H,100,127)(H,101,125)(H,102,117)(H,103,123)(H,104,122)(H,105,119)(H,106,126)(H,107,121)(H4,91,92,93)/t47-,48+,54-,55-,56-,57-,58-,59-,60-,61-,62-,63-,64-,65-,66-,69-/m0/s1. The zero-order chi connectivity index (χ0) is 97.4. The van der Waals surface area contributed by atoms with Gasteiger partial charge in [0.15, 0.2) is 5.96 Å². The SMILES string of the molecule is CC(C)C[C@H](NC(=O)[C@H](C)NC(=O)CN)C(=O)N[C@@H](CCCNC(=N)N)C(=O)NCC(=O)N[C@@H](CS)C(=O)N[C@@H](Cc1c[nH]c2ccccc12)C(=O)N[C@H](C(=O)N[C@@H](CCCCN)C(=O)N[C@@H](CO)C(=O)N[C@@H](Cc1ccc(O)cc1)C(=O)N1CCC[C@H]1C(=O)N1CCC[C@H]1C(=O)N[C@@H](CCCCN)C(=O)N1CCC[C@H]1C(=O)N[C@@H](CS)C(=O)N[C@@H](CCCCN)C(N)=O)[C@@H](C)O. The largest absolute Gasteiger partial charge is 0.508 e. The normalized spacial score (nSPS) is 17.7. The molecule has 31 N–H and O–H groups in total. The maximum Gasteiger partial charge on any atom is 0.246 e. The maximum atomic E-state index is 15.2. The Labute approximate surface area is 776 Å². The number of phenols is 1. The second-order valence-corrected chi connectivity index (χ2v) is 34.3. The number of primary amides is 1. The number of nitrogens with zero attached hydrogens (tertiary/aromatic N) is 3. The third kappa shape index (κ3) is 34.0. The summed E-state index contributed by atoms with van der Waals surface area (Å²) in [6.45, 7) is 4.78. The number of guanidine groups is 1. The first-order valence-corrected chi connectivity index (χ1v) is 46.0. The van der Waals surface area contributed by atoms with Gasteiger partial charge in [-0.25, -0.2) is 0 Å². The Morgan fingerprint density at radius 1 is 0.477 bits per heavy atom. The van der Waals surface area contributed by atoms with E-state index in [9.17, 15) is 87.2 Å². The number of rotatable bonds is 56. The van der Waals surface area contributed by atoms with Gasteiger partial charge in [-0.05, 0) is 184 Å². The van der Waals surface area contributed by atoms with Gasteiger partial charge in [0.25, 0.3) is 0 Å². The van der Waals surface area contributed by atoms with E-state index in [1.54, 1.807) is 44.3 Å². The minimum Gasteiger partial charge on any atom is -0.508 e. The van der Waals surface area contributed by atoms with Gasteiger partial charge in [0, 0.05) is 67.6 Å². The molecule has 47 heteroatoms. The topological polar surface area (TPSA) is 725 Å². The van der Waals surface area contributed by atoms with Crippen LogP contribution in [0.2, 0.25) is 0 Å². The Morgan fingerprint density at radius 2 is 0.947 bits per heavy atom. The molecular formula is C85H135N25O20S2. The molecule has 4 heterocycles. The number of hydrogen-bond donors (Lipinski definition) is 27. The highest BCUT2D eigenvalue weighted by atomic mass is 32.1. The molecule has 3 aliphatic heterocycles. The van der Waals surface area contributed by atoms with Crippen molar-refractivity contribution in [1.29, 1.82) is 5.41 Å². The van der Waals surface area contributed by atoms with Gasteiger partial charge in [0.1, 0.15) is 96.4 Å². The molecule has 0 unspecified atom stereocenters. The number of nitrogens with one attached hydrogen (secondary N) is 16. The van der Waals surface area contributed by atoms with Crippen molar-refractivity contribution in [3.05, 3.63) is 65.9 Å². The fraction of sp³-hybridized carbons (Fsp3) is 0.624. The van der Waals surface area contributed by atoms with E-state index in [1.165, 1.54) is 45.9 Å². The van der Waals surface area contributed by atoms with Gasteiger partial charge in [-0.15, -0.1) is 0 Å². The van der Waals surface area contributed by atoms with E-state index in [0.717, 1.165) is 6.92 Å². The molecule has 0 saturated carbocycles.